The standard InChI is InChI=1S/C19H17ClN4O3S2/c1-11-4-3-5-12(8-11)17(26)22-18-23-24-19(29-18)28-10-16(25)21-14-9-13(20)6-7-15(14)27-2/h3-9H,10H2,1-2H3,(H,21,25)(H,22,23,26). The summed E-state index contributed by atoms with van der Waals surface area (Å²) >= 11 is 8.39. The molecule has 10 heteroatoms. The first kappa shape index (κ1) is 21.1. The quantitative estimate of drug-likeness (QED) is 0.408. The molecule has 0 radical (unpaired) electrons. The van der Waals surface area contributed by atoms with Crippen molar-refractivity contribution in [3.63, 3.8) is 0 Å². The Bertz CT molecular complexity index is 1040. The van der Waals surface area contributed by atoms with E-state index >= 15 is 0 Å². The van der Waals surface area contributed by atoms with Gasteiger partial charge in [-0.2, -0.15) is 0 Å². The molecule has 0 spiro atoms. The Morgan fingerprint density at radius 3 is 2.76 bits per heavy atom. The van der Waals surface area contributed by atoms with Gasteiger partial charge in [-0.05, 0) is 37.3 Å². The van der Waals surface area contributed by atoms with Crippen LogP contribution in [-0.2, 0) is 4.79 Å². The molecule has 7 nitrogen and oxygen atoms in total. The van der Waals surface area contributed by atoms with Gasteiger partial charge in [0.15, 0.2) is 4.34 Å². The maximum Gasteiger partial charge on any atom is 0.257 e. The summed E-state index contributed by atoms with van der Waals surface area (Å²) in [6, 6.07) is 12.2. The van der Waals surface area contributed by atoms with Crippen LogP contribution in [0.5, 0.6) is 5.75 Å². The first-order valence-electron chi connectivity index (χ1n) is 8.42. The molecule has 0 aliphatic carbocycles. The number of hydrogen-bond acceptors (Lipinski definition) is 7. The lowest BCUT2D eigenvalue weighted by Crippen LogP contribution is -2.14. The van der Waals surface area contributed by atoms with Crippen LogP contribution >= 0.6 is 34.7 Å². The van der Waals surface area contributed by atoms with Gasteiger partial charge >= 0.3 is 0 Å². The number of rotatable bonds is 7. The molecule has 0 aliphatic heterocycles. The molecule has 150 valence electrons. The molecule has 1 aromatic heterocycles. The monoisotopic (exact) mass is 448 g/mol. The maximum absolute atomic E-state index is 12.3. The van der Waals surface area contributed by atoms with Gasteiger partial charge in [-0.25, -0.2) is 0 Å². The highest BCUT2D eigenvalue weighted by molar-refractivity contribution is 8.01. The average molecular weight is 449 g/mol. The number of aromatic nitrogens is 2. The Hall–Kier alpha value is -2.62. The molecule has 2 aromatic carbocycles. The number of benzene rings is 2. The highest BCUT2D eigenvalue weighted by Crippen LogP contribution is 2.29. The molecule has 0 fully saturated rings. The zero-order valence-electron chi connectivity index (χ0n) is 15.6. The predicted octanol–water partition coefficient (Wildman–Crippen LogP) is 4.49. The zero-order valence-corrected chi connectivity index (χ0v) is 18.0. The SMILES string of the molecule is COc1ccc(Cl)cc1NC(=O)CSc1nnc(NC(=O)c2cccc(C)c2)s1. The highest BCUT2D eigenvalue weighted by atomic mass is 35.5. The first-order valence-corrected chi connectivity index (χ1v) is 10.6. The number of anilines is 2. The van der Waals surface area contributed by atoms with Crippen LogP contribution in [-0.4, -0.2) is 34.9 Å². The minimum atomic E-state index is -0.257. The second-order valence-corrected chi connectivity index (χ2v) is 8.51. The molecule has 1 heterocycles. The second kappa shape index (κ2) is 9.73. The van der Waals surface area contributed by atoms with Crippen LogP contribution in [0.4, 0.5) is 10.8 Å². The largest absolute Gasteiger partial charge is 0.495 e. The molecule has 2 amide bonds. The molecule has 29 heavy (non-hydrogen) atoms. The van der Waals surface area contributed by atoms with E-state index in [2.05, 4.69) is 20.8 Å². The number of methoxy groups -OCH3 is 1. The Labute approximate surface area is 180 Å². The van der Waals surface area contributed by atoms with E-state index in [1.54, 1.807) is 30.3 Å². The number of ether oxygens (including phenoxy) is 1. The van der Waals surface area contributed by atoms with Gasteiger partial charge < -0.3 is 10.1 Å². The van der Waals surface area contributed by atoms with E-state index in [1.807, 2.05) is 19.1 Å². The van der Waals surface area contributed by atoms with Crippen molar-refractivity contribution in [3.8, 4) is 5.75 Å². The van der Waals surface area contributed by atoms with E-state index in [4.69, 9.17) is 16.3 Å². The molecule has 3 rings (SSSR count). The van der Waals surface area contributed by atoms with E-state index in [0.29, 0.717) is 31.5 Å². The summed E-state index contributed by atoms with van der Waals surface area (Å²) in [5, 5.41) is 14.3. The molecular weight excluding hydrogens is 432 g/mol. The minimum Gasteiger partial charge on any atom is -0.495 e. The van der Waals surface area contributed by atoms with Crippen LogP contribution < -0.4 is 15.4 Å². The van der Waals surface area contributed by atoms with E-state index in [1.165, 1.54) is 30.2 Å². The van der Waals surface area contributed by atoms with Gasteiger partial charge in [0.25, 0.3) is 5.91 Å². The third-order valence-electron chi connectivity index (χ3n) is 3.67. The van der Waals surface area contributed by atoms with Crippen molar-refractivity contribution >= 4 is 57.3 Å². The van der Waals surface area contributed by atoms with Crippen LogP contribution in [0.1, 0.15) is 15.9 Å². The Morgan fingerprint density at radius 2 is 2.00 bits per heavy atom. The van der Waals surface area contributed by atoms with Gasteiger partial charge in [-0.1, -0.05) is 52.4 Å². The third kappa shape index (κ3) is 5.93. The number of nitrogens with one attached hydrogen (secondary N) is 2. The molecule has 3 aromatic rings. The second-order valence-electron chi connectivity index (χ2n) is 5.88. The summed E-state index contributed by atoms with van der Waals surface area (Å²) in [5.74, 6) is 0.143. The van der Waals surface area contributed by atoms with Crippen molar-refractivity contribution < 1.29 is 14.3 Å². The van der Waals surface area contributed by atoms with Crippen molar-refractivity contribution in [2.24, 2.45) is 0 Å². The fourth-order valence-electron chi connectivity index (χ4n) is 2.37. The Balaban J connectivity index is 1.54. The number of amides is 2. The van der Waals surface area contributed by atoms with Gasteiger partial charge in [0, 0.05) is 10.6 Å². The van der Waals surface area contributed by atoms with Gasteiger partial charge in [-0.15, -0.1) is 10.2 Å². The summed E-state index contributed by atoms with van der Waals surface area (Å²) in [7, 11) is 1.52. The number of aryl methyl sites for hydroxylation is 1. The van der Waals surface area contributed by atoms with Crippen LogP contribution in [0.3, 0.4) is 0 Å². The van der Waals surface area contributed by atoms with Gasteiger partial charge in [0.1, 0.15) is 5.75 Å². The molecule has 2 N–H and O–H groups in total. The van der Waals surface area contributed by atoms with Gasteiger partial charge in [0.2, 0.25) is 11.0 Å². The van der Waals surface area contributed by atoms with Crippen molar-refractivity contribution in [1.82, 2.24) is 10.2 Å². The summed E-state index contributed by atoms with van der Waals surface area (Å²) in [6.45, 7) is 1.92. The fraction of sp³-hybridized carbons (Fsp3) is 0.158. The zero-order chi connectivity index (χ0) is 20.8. The topological polar surface area (TPSA) is 93.2 Å². The lowest BCUT2D eigenvalue weighted by atomic mass is 10.1. The fourth-order valence-corrected chi connectivity index (χ4v) is 4.08. The first-order chi connectivity index (χ1) is 13.9. The smallest absolute Gasteiger partial charge is 0.257 e. The molecule has 0 bridgehead atoms. The Morgan fingerprint density at radius 1 is 1.17 bits per heavy atom. The van der Waals surface area contributed by atoms with Gasteiger partial charge in [-0.3, -0.25) is 14.9 Å². The van der Waals surface area contributed by atoms with E-state index in [9.17, 15) is 9.59 Å². The summed E-state index contributed by atoms with van der Waals surface area (Å²) < 4.78 is 5.77. The average Bonchev–Trinajstić information content (AvgIpc) is 3.14. The third-order valence-corrected chi connectivity index (χ3v) is 5.88. The van der Waals surface area contributed by atoms with Crippen molar-refractivity contribution in [2.45, 2.75) is 11.3 Å². The predicted molar refractivity (Wildman–Crippen MR) is 116 cm³/mol. The van der Waals surface area contributed by atoms with Crippen molar-refractivity contribution in [3.05, 3.63) is 58.6 Å². The molecule has 0 atom stereocenters. The van der Waals surface area contributed by atoms with Crippen LogP contribution in [0.25, 0.3) is 0 Å². The van der Waals surface area contributed by atoms with Crippen LogP contribution in [0.2, 0.25) is 5.02 Å². The van der Waals surface area contributed by atoms with Crippen LogP contribution in [0.15, 0.2) is 46.8 Å². The summed E-state index contributed by atoms with van der Waals surface area (Å²) in [6.07, 6.45) is 0. The van der Waals surface area contributed by atoms with Crippen LogP contribution in [0, 0.1) is 6.92 Å². The number of carbonyl (C=O) groups excluding carboxylic acids is 2. The highest BCUT2D eigenvalue weighted by Gasteiger charge is 2.13. The Kier molecular flexibility index (Phi) is 7.08. The molecule has 0 saturated carbocycles. The van der Waals surface area contributed by atoms with E-state index < -0.39 is 0 Å². The molecule has 0 saturated heterocycles. The normalized spacial score (nSPS) is 10.4. The molecule has 0 unspecified atom stereocenters. The molecular formula is C19H17ClN4O3S2. The van der Waals surface area contributed by atoms with Crippen molar-refractivity contribution in [1.29, 1.82) is 0 Å². The number of thioether (sulfide) groups is 1. The number of nitrogens with zero attached hydrogens (tertiary/aromatic N) is 2. The molecule has 0 aliphatic rings. The van der Waals surface area contributed by atoms with Crippen molar-refractivity contribution in [2.75, 3.05) is 23.5 Å². The minimum absolute atomic E-state index is 0.121. The summed E-state index contributed by atoms with van der Waals surface area (Å²) in [4.78, 5) is 24.5. The van der Waals surface area contributed by atoms with E-state index in [-0.39, 0.29) is 17.6 Å². The summed E-state index contributed by atoms with van der Waals surface area (Å²) in [5.41, 5.74) is 2.03. The number of halogens is 1. The lowest BCUT2D eigenvalue weighted by Gasteiger charge is -2.09. The lowest BCUT2D eigenvalue weighted by molar-refractivity contribution is -0.113. The maximum atomic E-state index is 12.3. The number of hydrogen-bond donors (Lipinski definition) is 2. The van der Waals surface area contributed by atoms with Gasteiger partial charge in [0.05, 0.1) is 18.6 Å². The van der Waals surface area contributed by atoms with E-state index in [0.717, 1.165) is 5.56 Å². The number of carbonyl (C=O) groups is 2.